The highest BCUT2D eigenvalue weighted by atomic mass is 19.1. The van der Waals surface area contributed by atoms with E-state index in [0.717, 1.165) is 0 Å². The van der Waals surface area contributed by atoms with Gasteiger partial charge in [-0.15, -0.1) is 0 Å². The largest absolute Gasteiger partial charge is 0.372 e. The summed E-state index contributed by atoms with van der Waals surface area (Å²) in [7, 11) is 0. The molecule has 2 atom stereocenters. The van der Waals surface area contributed by atoms with Gasteiger partial charge in [-0.3, -0.25) is 0 Å². The van der Waals surface area contributed by atoms with E-state index in [1.165, 1.54) is 0 Å². The monoisotopic (exact) mass is 239 g/mol. The van der Waals surface area contributed by atoms with Crippen LogP contribution in [0.4, 0.5) is 10.2 Å². The zero-order chi connectivity index (χ0) is 12.4. The number of ether oxygens (including phenoxy) is 1. The van der Waals surface area contributed by atoms with Crippen molar-refractivity contribution < 1.29 is 9.13 Å². The van der Waals surface area contributed by atoms with Gasteiger partial charge < -0.3 is 15.4 Å². The fourth-order valence-corrected chi connectivity index (χ4v) is 2.20. The van der Waals surface area contributed by atoms with E-state index < -0.39 is 0 Å². The number of hydrogen-bond donors (Lipinski definition) is 1. The number of rotatable bonds is 2. The Balaban J connectivity index is 2.27. The molecule has 0 amide bonds. The van der Waals surface area contributed by atoms with Crippen LogP contribution in [0.2, 0.25) is 0 Å². The van der Waals surface area contributed by atoms with Crippen molar-refractivity contribution in [2.75, 3.05) is 18.0 Å². The van der Waals surface area contributed by atoms with Crippen molar-refractivity contribution in [3.05, 3.63) is 23.6 Å². The molecule has 0 saturated carbocycles. The van der Waals surface area contributed by atoms with Gasteiger partial charge in [-0.05, 0) is 19.9 Å². The lowest BCUT2D eigenvalue weighted by Gasteiger charge is -2.36. The lowest BCUT2D eigenvalue weighted by molar-refractivity contribution is -0.00565. The van der Waals surface area contributed by atoms with E-state index in [9.17, 15) is 4.39 Å². The van der Waals surface area contributed by atoms with Crippen molar-refractivity contribution in [3.63, 3.8) is 0 Å². The standard InChI is InChI=1S/C12H18FN3O/c1-8-6-16(7-9(2)17-8)12-11(13)10(5-14)3-4-15-12/h3-4,8-9H,5-7,14H2,1-2H3/t8-,9+. The van der Waals surface area contributed by atoms with Crippen LogP contribution >= 0.6 is 0 Å². The van der Waals surface area contributed by atoms with E-state index in [0.29, 0.717) is 24.5 Å². The molecule has 17 heavy (non-hydrogen) atoms. The first kappa shape index (κ1) is 12.3. The summed E-state index contributed by atoms with van der Waals surface area (Å²) in [6, 6.07) is 1.62. The number of aromatic nitrogens is 1. The summed E-state index contributed by atoms with van der Waals surface area (Å²) in [5.74, 6) is 0.0752. The minimum Gasteiger partial charge on any atom is -0.372 e. The van der Waals surface area contributed by atoms with E-state index in [1.807, 2.05) is 18.7 Å². The topological polar surface area (TPSA) is 51.4 Å². The zero-order valence-electron chi connectivity index (χ0n) is 10.2. The number of anilines is 1. The van der Waals surface area contributed by atoms with Crippen LogP contribution in [0.15, 0.2) is 12.3 Å². The molecule has 2 N–H and O–H groups in total. The van der Waals surface area contributed by atoms with Gasteiger partial charge in [0.1, 0.15) is 0 Å². The first-order chi connectivity index (χ1) is 8.11. The Morgan fingerprint density at radius 1 is 1.47 bits per heavy atom. The molecular formula is C12H18FN3O. The highest BCUT2D eigenvalue weighted by Gasteiger charge is 2.25. The molecule has 0 aromatic carbocycles. The second-order valence-electron chi connectivity index (χ2n) is 4.47. The summed E-state index contributed by atoms with van der Waals surface area (Å²) in [6.45, 7) is 5.46. The van der Waals surface area contributed by atoms with Crippen molar-refractivity contribution in [2.45, 2.75) is 32.6 Å². The fraction of sp³-hybridized carbons (Fsp3) is 0.583. The highest BCUT2D eigenvalue weighted by molar-refractivity contribution is 5.43. The molecule has 2 rings (SSSR count). The fourth-order valence-electron chi connectivity index (χ4n) is 2.20. The number of nitrogens with two attached hydrogens (primary N) is 1. The highest BCUT2D eigenvalue weighted by Crippen LogP contribution is 2.23. The molecule has 2 heterocycles. The van der Waals surface area contributed by atoms with Gasteiger partial charge in [-0.25, -0.2) is 9.37 Å². The Labute approximate surface area is 101 Å². The molecule has 0 bridgehead atoms. The van der Waals surface area contributed by atoms with Crippen molar-refractivity contribution in [1.82, 2.24) is 4.98 Å². The van der Waals surface area contributed by atoms with Gasteiger partial charge in [-0.2, -0.15) is 0 Å². The molecule has 1 aliphatic heterocycles. The minimum absolute atomic E-state index is 0.0847. The van der Waals surface area contributed by atoms with Crippen LogP contribution in [-0.4, -0.2) is 30.3 Å². The summed E-state index contributed by atoms with van der Waals surface area (Å²) in [4.78, 5) is 6.04. The van der Waals surface area contributed by atoms with Crippen molar-refractivity contribution in [2.24, 2.45) is 5.73 Å². The molecule has 1 fully saturated rings. The number of halogens is 1. The van der Waals surface area contributed by atoms with Crippen LogP contribution < -0.4 is 10.6 Å². The lowest BCUT2D eigenvalue weighted by atomic mass is 10.2. The van der Waals surface area contributed by atoms with Gasteiger partial charge in [0.05, 0.1) is 12.2 Å². The summed E-state index contributed by atoms with van der Waals surface area (Å²) in [6.07, 6.45) is 1.77. The molecule has 1 aliphatic rings. The van der Waals surface area contributed by atoms with E-state index in [1.54, 1.807) is 12.3 Å². The van der Waals surface area contributed by atoms with Gasteiger partial charge in [0.25, 0.3) is 0 Å². The quantitative estimate of drug-likeness (QED) is 0.845. The van der Waals surface area contributed by atoms with E-state index in [2.05, 4.69) is 4.98 Å². The summed E-state index contributed by atoms with van der Waals surface area (Å²) >= 11 is 0. The van der Waals surface area contributed by atoms with Gasteiger partial charge in [0, 0.05) is 31.4 Å². The second kappa shape index (κ2) is 4.98. The predicted octanol–water partition coefficient (Wildman–Crippen LogP) is 1.29. The van der Waals surface area contributed by atoms with Gasteiger partial charge in [0.2, 0.25) is 0 Å². The van der Waals surface area contributed by atoms with E-state index in [-0.39, 0.29) is 24.6 Å². The maximum Gasteiger partial charge on any atom is 0.170 e. The molecule has 1 aromatic rings. The average Bonchev–Trinajstić information content (AvgIpc) is 2.28. The maximum atomic E-state index is 14.1. The third-order valence-electron chi connectivity index (χ3n) is 2.89. The molecule has 94 valence electrons. The Kier molecular flexibility index (Phi) is 3.59. The first-order valence-electron chi connectivity index (χ1n) is 5.85. The van der Waals surface area contributed by atoms with Crippen molar-refractivity contribution >= 4 is 5.82 Å². The summed E-state index contributed by atoms with van der Waals surface area (Å²) in [5.41, 5.74) is 5.99. The third kappa shape index (κ3) is 2.56. The Morgan fingerprint density at radius 3 is 2.71 bits per heavy atom. The summed E-state index contributed by atoms with van der Waals surface area (Å²) < 4.78 is 19.7. The lowest BCUT2D eigenvalue weighted by Crippen LogP contribution is -2.46. The number of morpholine rings is 1. The molecule has 0 radical (unpaired) electrons. The van der Waals surface area contributed by atoms with Gasteiger partial charge in [0.15, 0.2) is 11.6 Å². The molecule has 4 nitrogen and oxygen atoms in total. The van der Waals surface area contributed by atoms with Crippen molar-refractivity contribution in [3.8, 4) is 0 Å². The number of hydrogen-bond acceptors (Lipinski definition) is 4. The van der Waals surface area contributed by atoms with Crippen LogP contribution in [-0.2, 0) is 11.3 Å². The summed E-state index contributed by atoms with van der Waals surface area (Å²) in [5, 5.41) is 0. The van der Waals surface area contributed by atoms with Crippen LogP contribution in [0.1, 0.15) is 19.4 Å². The van der Waals surface area contributed by atoms with E-state index in [4.69, 9.17) is 10.5 Å². The second-order valence-corrected chi connectivity index (χ2v) is 4.47. The van der Waals surface area contributed by atoms with E-state index >= 15 is 0 Å². The zero-order valence-corrected chi connectivity index (χ0v) is 10.2. The normalized spacial score (nSPS) is 25.1. The predicted molar refractivity (Wildman–Crippen MR) is 64.3 cm³/mol. The van der Waals surface area contributed by atoms with Crippen molar-refractivity contribution in [1.29, 1.82) is 0 Å². The number of pyridine rings is 1. The molecular weight excluding hydrogens is 221 g/mol. The Morgan fingerprint density at radius 2 is 2.12 bits per heavy atom. The molecule has 0 aliphatic carbocycles. The van der Waals surface area contributed by atoms with Crippen LogP contribution in [0.3, 0.4) is 0 Å². The Bertz CT molecular complexity index is 389. The molecule has 0 unspecified atom stereocenters. The van der Waals surface area contributed by atoms with Crippen LogP contribution in [0.5, 0.6) is 0 Å². The molecule has 5 heteroatoms. The SMILES string of the molecule is C[C@@H]1CN(c2nccc(CN)c2F)C[C@H](C)O1. The van der Waals surface area contributed by atoms with Gasteiger partial charge >= 0.3 is 0 Å². The maximum absolute atomic E-state index is 14.1. The average molecular weight is 239 g/mol. The third-order valence-corrected chi connectivity index (χ3v) is 2.89. The smallest absolute Gasteiger partial charge is 0.170 e. The Hall–Kier alpha value is -1.20. The van der Waals surface area contributed by atoms with Crippen LogP contribution in [0, 0.1) is 5.82 Å². The minimum atomic E-state index is -0.309. The first-order valence-corrected chi connectivity index (χ1v) is 5.85. The van der Waals surface area contributed by atoms with Gasteiger partial charge in [-0.1, -0.05) is 0 Å². The molecule has 1 saturated heterocycles. The molecule has 0 spiro atoms. The molecule has 1 aromatic heterocycles. The number of nitrogens with zero attached hydrogens (tertiary/aromatic N) is 2. The van der Waals surface area contributed by atoms with Crippen LogP contribution in [0.25, 0.3) is 0 Å².